The summed E-state index contributed by atoms with van der Waals surface area (Å²) in [5.74, 6) is 0.793. The Morgan fingerprint density at radius 2 is 2.26 bits per heavy atom. The molecule has 1 unspecified atom stereocenters. The van der Waals surface area contributed by atoms with Crippen molar-refractivity contribution in [3.05, 3.63) is 24.5 Å². The highest BCUT2D eigenvalue weighted by Crippen LogP contribution is 2.39. The second kappa shape index (κ2) is 7.36. The lowest BCUT2D eigenvalue weighted by molar-refractivity contribution is -0.142. The van der Waals surface area contributed by atoms with Gasteiger partial charge in [0.15, 0.2) is 0 Å². The first kappa shape index (κ1) is 18.6. The Morgan fingerprint density at radius 3 is 2.93 bits per heavy atom. The third kappa shape index (κ3) is 3.55. The lowest BCUT2D eigenvalue weighted by Gasteiger charge is -2.49. The number of piperidine rings is 3. The molecular weight excluding hydrogens is 342 g/mol. The van der Waals surface area contributed by atoms with Gasteiger partial charge in [-0.1, -0.05) is 24.1 Å². The van der Waals surface area contributed by atoms with Crippen molar-refractivity contribution in [3.8, 4) is 0 Å². The molecule has 148 valence electrons. The zero-order chi connectivity index (χ0) is 19.0. The molecule has 1 amide bonds. The molecule has 4 aliphatic rings. The molecule has 4 heterocycles. The summed E-state index contributed by atoms with van der Waals surface area (Å²) in [5.41, 5.74) is -0.0627. The second-order valence-electron chi connectivity index (χ2n) is 8.61. The van der Waals surface area contributed by atoms with E-state index in [1.54, 1.807) is 11.0 Å². The monoisotopic (exact) mass is 373 g/mol. The van der Waals surface area contributed by atoms with Gasteiger partial charge in [-0.2, -0.15) is 0 Å². The number of likely N-dealkylation sites (N-methyl/N-ethyl adjacent to an activating group) is 1. The smallest absolute Gasteiger partial charge is 0.227 e. The molecule has 1 N–H and O–H groups in total. The number of fused-ring (bicyclic) bond motifs is 3. The third-order valence-electron chi connectivity index (χ3n) is 6.82. The molecule has 7 heteroatoms. The zero-order valence-corrected chi connectivity index (χ0v) is 16.3. The van der Waals surface area contributed by atoms with Crippen LogP contribution in [0.4, 0.5) is 0 Å². The SMILES string of the molecule is C=CCN(C)C(=O)[C@@H]1CN2CC[C@H]1C[C@@H]2Cn1cc(C2(O)CCCC2)nn1. The maximum absolute atomic E-state index is 12.7. The van der Waals surface area contributed by atoms with E-state index in [2.05, 4.69) is 21.8 Å². The number of aliphatic hydroxyl groups is 1. The molecule has 0 spiro atoms. The number of carbonyl (C=O) groups excluding carboxylic acids is 1. The van der Waals surface area contributed by atoms with E-state index >= 15 is 0 Å². The molecule has 5 rings (SSSR count). The van der Waals surface area contributed by atoms with E-state index in [-0.39, 0.29) is 11.8 Å². The summed E-state index contributed by atoms with van der Waals surface area (Å²) in [4.78, 5) is 17.0. The van der Waals surface area contributed by atoms with Crippen LogP contribution in [0.25, 0.3) is 0 Å². The molecule has 1 aromatic heterocycles. The van der Waals surface area contributed by atoms with E-state index in [9.17, 15) is 9.90 Å². The van der Waals surface area contributed by atoms with Gasteiger partial charge in [0.2, 0.25) is 5.91 Å². The van der Waals surface area contributed by atoms with Crippen molar-refractivity contribution in [1.29, 1.82) is 0 Å². The van der Waals surface area contributed by atoms with Crippen LogP contribution in [0.1, 0.15) is 44.2 Å². The van der Waals surface area contributed by atoms with Crippen molar-refractivity contribution < 1.29 is 9.90 Å². The minimum atomic E-state index is -0.780. The van der Waals surface area contributed by atoms with Gasteiger partial charge in [0, 0.05) is 26.2 Å². The summed E-state index contributed by atoms with van der Waals surface area (Å²) >= 11 is 0. The van der Waals surface area contributed by atoms with Gasteiger partial charge < -0.3 is 10.0 Å². The Morgan fingerprint density at radius 1 is 1.48 bits per heavy atom. The number of hydrogen-bond donors (Lipinski definition) is 1. The van der Waals surface area contributed by atoms with Crippen LogP contribution in [-0.4, -0.2) is 68.5 Å². The van der Waals surface area contributed by atoms with Crippen molar-refractivity contribution in [1.82, 2.24) is 24.8 Å². The van der Waals surface area contributed by atoms with Crippen molar-refractivity contribution in [2.75, 3.05) is 26.7 Å². The van der Waals surface area contributed by atoms with Gasteiger partial charge in [-0.15, -0.1) is 11.7 Å². The molecule has 7 nitrogen and oxygen atoms in total. The molecule has 0 radical (unpaired) electrons. The number of hydrogen-bond acceptors (Lipinski definition) is 5. The second-order valence-corrected chi connectivity index (χ2v) is 8.61. The first-order chi connectivity index (χ1) is 13.0. The molecule has 0 aromatic carbocycles. The van der Waals surface area contributed by atoms with Crippen molar-refractivity contribution in [2.45, 2.75) is 56.7 Å². The molecule has 27 heavy (non-hydrogen) atoms. The van der Waals surface area contributed by atoms with Crippen LogP contribution in [0.3, 0.4) is 0 Å². The molecular formula is C20H31N5O2. The first-order valence-corrected chi connectivity index (χ1v) is 10.2. The van der Waals surface area contributed by atoms with Crippen molar-refractivity contribution in [3.63, 3.8) is 0 Å². The lowest BCUT2D eigenvalue weighted by Crippen LogP contribution is -2.58. The van der Waals surface area contributed by atoms with Crippen molar-refractivity contribution in [2.24, 2.45) is 11.8 Å². The van der Waals surface area contributed by atoms with Gasteiger partial charge in [-0.3, -0.25) is 14.4 Å². The Hall–Kier alpha value is -1.73. The van der Waals surface area contributed by atoms with E-state index in [0.717, 1.165) is 63.9 Å². The Labute approximate surface area is 161 Å². The van der Waals surface area contributed by atoms with Crippen LogP contribution in [0.2, 0.25) is 0 Å². The predicted octanol–water partition coefficient (Wildman–Crippen LogP) is 1.39. The van der Waals surface area contributed by atoms with Crippen LogP contribution >= 0.6 is 0 Å². The average molecular weight is 374 g/mol. The van der Waals surface area contributed by atoms with Gasteiger partial charge in [0.1, 0.15) is 11.3 Å². The fourth-order valence-electron chi connectivity index (χ4n) is 5.21. The lowest BCUT2D eigenvalue weighted by atomic mass is 9.75. The molecule has 4 atom stereocenters. The highest BCUT2D eigenvalue weighted by Gasteiger charge is 2.44. The number of aromatic nitrogens is 3. The Bertz CT molecular complexity index is 696. The van der Waals surface area contributed by atoms with Crippen LogP contribution in [0, 0.1) is 11.8 Å². The minimum absolute atomic E-state index is 0.102. The summed E-state index contributed by atoms with van der Waals surface area (Å²) in [6.07, 6.45) is 9.50. The van der Waals surface area contributed by atoms with Gasteiger partial charge in [-0.25, -0.2) is 0 Å². The summed E-state index contributed by atoms with van der Waals surface area (Å²) < 4.78 is 1.89. The van der Waals surface area contributed by atoms with Crippen LogP contribution in [-0.2, 0) is 16.9 Å². The molecule has 2 bridgehead atoms. The molecule has 1 aromatic rings. The van der Waals surface area contributed by atoms with E-state index in [1.807, 2.05) is 17.9 Å². The zero-order valence-electron chi connectivity index (χ0n) is 16.3. The Balaban J connectivity index is 1.39. The average Bonchev–Trinajstić information content (AvgIpc) is 3.32. The minimum Gasteiger partial charge on any atom is -0.383 e. The number of nitrogens with zero attached hydrogens (tertiary/aromatic N) is 5. The highest BCUT2D eigenvalue weighted by molar-refractivity contribution is 5.79. The number of amides is 1. The van der Waals surface area contributed by atoms with Crippen molar-refractivity contribution >= 4 is 5.91 Å². The predicted molar refractivity (Wildman–Crippen MR) is 102 cm³/mol. The Kier molecular flexibility index (Phi) is 5.07. The molecule has 1 saturated carbocycles. The van der Waals surface area contributed by atoms with Crippen LogP contribution in [0.15, 0.2) is 18.9 Å². The van der Waals surface area contributed by atoms with Crippen LogP contribution < -0.4 is 0 Å². The fourth-order valence-corrected chi connectivity index (χ4v) is 5.21. The van der Waals surface area contributed by atoms with Gasteiger partial charge in [0.25, 0.3) is 0 Å². The van der Waals surface area contributed by atoms with E-state index in [0.29, 0.717) is 18.5 Å². The molecule has 3 saturated heterocycles. The largest absolute Gasteiger partial charge is 0.383 e. The summed E-state index contributed by atoms with van der Waals surface area (Å²) in [6, 6.07) is 0.394. The van der Waals surface area contributed by atoms with E-state index in [4.69, 9.17) is 0 Å². The molecule has 1 aliphatic carbocycles. The van der Waals surface area contributed by atoms with E-state index in [1.165, 1.54) is 0 Å². The van der Waals surface area contributed by atoms with E-state index < -0.39 is 5.60 Å². The van der Waals surface area contributed by atoms with Gasteiger partial charge in [-0.05, 0) is 38.1 Å². The highest BCUT2D eigenvalue weighted by atomic mass is 16.3. The standard InChI is InChI=1S/C20H31N5O2/c1-3-9-23(2)19(26)17-13-24-10-6-15(17)11-16(24)12-25-14-18(21-22-25)20(27)7-4-5-8-20/h3,14-17,27H,1,4-13H2,2H3/t15-,16+,17+/m0/s1. The summed E-state index contributed by atoms with van der Waals surface area (Å²) in [6.45, 7) is 7.01. The first-order valence-electron chi connectivity index (χ1n) is 10.2. The normalized spacial score (nSPS) is 31.8. The quantitative estimate of drug-likeness (QED) is 0.763. The fraction of sp³-hybridized carbons (Fsp3) is 0.750. The summed E-state index contributed by atoms with van der Waals surface area (Å²) in [7, 11) is 1.86. The molecule has 3 aliphatic heterocycles. The van der Waals surface area contributed by atoms with Gasteiger partial charge in [0.05, 0.1) is 18.7 Å². The third-order valence-corrected chi connectivity index (χ3v) is 6.82. The number of rotatable bonds is 6. The molecule has 4 fully saturated rings. The maximum Gasteiger partial charge on any atom is 0.227 e. The van der Waals surface area contributed by atoms with Crippen LogP contribution in [0.5, 0.6) is 0 Å². The summed E-state index contributed by atoms with van der Waals surface area (Å²) in [5, 5.41) is 19.2. The van der Waals surface area contributed by atoms with Gasteiger partial charge >= 0.3 is 0 Å². The maximum atomic E-state index is 12.7. The topological polar surface area (TPSA) is 74.5 Å². The number of carbonyl (C=O) groups is 1.